The molecule has 0 radical (unpaired) electrons. The topological polar surface area (TPSA) is 59.9 Å². The highest BCUT2D eigenvalue weighted by Gasteiger charge is 2.24. The number of benzene rings is 4. The number of hydrogen-bond donors (Lipinski definition) is 1. The minimum Gasteiger partial charge on any atom is -0.490 e. The molecule has 1 aliphatic rings. The fraction of sp³-hybridized carbons (Fsp3) is 0.133. The summed E-state index contributed by atoms with van der Waals surface area (Å²) in [5.74, 6) is 1.08. The van der Waals surface area contributed by atoms with Crippen LogP contribution in [0.2, 0.25) is 5.02 Å². The molecule has 1 fully saturated rings. The van der Waals surface area contributed by atoms with Gasteiger partial charge in [0.05, 0.1) is 17.2 Å². The molecule has 186 valence electrons. The Hall–Kier alpha value is -3.74. The van der Waals surface area contributed by atoms with E-state index in [0.717, 1.165) is 22.4 Å². The summed E-state index contributed by atoms with van der Waals surface area (Å²) >= 11 is 7.40. The maximum atomic E-state index is 12.6. The van der Waals surface area contributed by atoms with E-state index >= 15 is 0 Å². The van der Waals surface area contributed by atoms with Gasteiger partial charge in [-0.05, 0) is 83.4 Å². The number of aryl methyl sites for hydroxylation is 1. The lowest BCUT2D eigenvalue weighted by Crippen LogP contribution is -2.19. The largest absolute Gasteiger partial charge is 0.490 e. The van der Waals surface area contributed by atoms with Crippen molar-refractivity contribution in [1.82, 2.24) is 5.32 Å². The minimum absolute atomic E-state index is 0.197. The van der Waals surface area contributed by atoms with Crippen LogP contribution >= 0.6 is 23.4 Å². The monoisotopic (exact) mass is 528 g/mol. The van der Waals surface area contributed by atoms with E-state index in [2.05, 4.69) is 34.6 Å². The van der Waals surface area contributed by atoms with Crippen LogP contribution in [0, 0.1) is 6.92 Å². The highest BCUT2D eigenvalue weighted by molar-refractivity contribution is 8.18. The average Bonchev–Trinajstić information content (AvgIpc) is 3.24. The molecule has 1 saturated heterocycles. The molecule has 1 heterocycles. The molecule has 0 spiro atoms. The molecule has 1 amide bonds. The third-order valence-electron chi connectivity index (χ3n) is 5.87. The van der Waals surface area contributed by atoms with E-state index in [1.165, 1.54) is 22.5 Å². The smallest absolute Gasteiger partial charge is 0.264 e. The molecule has 0 aliphatic carbocycles. The van der Waals surface area contributed by atoms with Crippen LogP contribution in [0.25, 0.3) is 16.8 Å². The SMILES string of the molecule is CCOc1cc(/C=C2\SC(=Nc3cc(Cl)ccc3C)NC2=O)ccc1OCc1cccc2ccccc12. The van der Waals surface area contributed by atoms with Gasteiger partial charge in [0, 0.05) is 5.02 Å². The van der Waals surface area contributed by atoms with Crippen LogP contribution in [0.4, 0.5) is 5.69 Å². The maximum Gasteiger partial charge on any atom is 0.264 e. The first-order valence-electron chi connectivity index (χ1n) is 11.9. The van der Waals surface area contributed by atoms with Crippen molar-refractivity contribution in [2.75, 3.05) is 6.61 Å². The second-order valence-electron chi connectivity index (χ2n) is 8.48. The van der Waals surface area contributed by atoms with Crippen LogP contribution < -0.4 is 14.8 Å². The summed E-state index contributed by atoms with van der Waals surface area (Å²) in [6.45, 7) is 4.80. The van der Waals surface area contributed by atoms with Crippen LogP contribution in [-0.4, -0.2) is 17.7 Å². The van der Waals surface area contributed by atoms with E-state index in [1.807, 2.05) is 68.5 Å². The Kier molecular flexibility index (Phi) is 7.49. The summed E-state index contributed by atoms with van der Waals surface area (Å²) < 4.78 is 12.0. The van der Waals surface area contributed by atoms with Crippen molar-refractivity contribution < 1.29 is 14.3 Å². The van der Waals surface area contributed by atoms with Gasteiger partial charge < -0.3 is 14.8 Å². The molecule has 37 heavy (non-hydrogen) atoms. The number of hydrogen-bond acceptors (Lipinski definition) is 5. The molecule has 0 aromatic heterocycles. The first kappa shape index (κ1) is 24.9. The van der Waals surface area contributed by atoms with Crippen LogP contribution in [0.5, 0.6) is 11.5 Å². The highest BCUT2D eigenvalue weighted by Crippen LogP contribution is 2.34. The second-order valence-corrected chi connectivity index (χ2v) is 9.95. The third kappa shape index (κ3) is 5.82. The zero-order valence-corrected chi connectivity index (χ0v) is 22.0. The zero-order chi connectivity index (χ0) is 25.8. The molecule has 0 unspecified atom stereocenters. The van der Waals surface area contributed by atoms with Gasteiger partial charge in [-0.2, -0.15) is 0 Å². The third-order valence-corrected chi connectivity index (χ3v) is 7.02. The Morgan fingerprint density at radius 3 is 2.68 bits per heavy atom. The van der Waals surface area contributed by atoms with E-state index in [0.29, 0.717) is 39.8 Å². The van der Waals surface area contributed by atoms with Gasteiger partial charge >= 0.3 is 0 Å². The highest BCUT2D eigenvalue weighted by atomic mass is 35.5. The predicted octanol–water partition coefficient (Wildman–Crippen LogP) is 7.67. The Morgan fingerprint density at radius 2 is 1.81 bits per heavy atom. The van der Waals surface area contributed by atoms with Crippen molar-refractivity contribution in [2.24, 2.45) is 4.99 Å². The number of ether oxygens (including phenoxy) is 2. The number of nitrogens with one attached hydrogen (secondary N) is 1. The van der Waals surface area contributed by atoms with Gasteiger partial charge in [-0.1, -0.05) is 66.2 Å². The van der Waals surface area contributed by atoms with Crippen LogP contribution in [0.15, 0.2) is 88.8 Å². The molecule has 0 saturated carbocycles. The quantitative estimate of drug-likeness (QED) is 0.250. The number of amides is 1. The number of carbonyl (C=O) groups excluding carboxylic acids is 1. The summed E-state index contributed by atoms with van der Waals surface area (Å²) in [7, 11) is 0. The Balaban J connectivity index is 1.35. The van der Waals surface area contributed by atoms with Crippen molar-refractivity contribution in [3.8, 4) is 11.5 Å². The number of nitrogens with zero attached hydrogens (tertiary/aromatic N) is 1. The molecule has 5 nitrogen and oxygen atoms in total. The van der Waals surface area contributed by atoms with Crippen LogP contribution in [-0.2, 0) is 11.4 Å². The molecule has 1 N–H and O–H groups in total. The molecule has 4 aromatic rings. The molecule has 5 rings (SSSR count). The lowest BCUT2D eigenvalue weighted by atomic mass is 10.1. The van der Waals surface area contributed by atoms with Crippen molar-refractivity contribution in [2.45, 2.75) is 20.5 Å². The van der Waals surface area contributed by atoms with Gasteiger partial charge in [0.25, 0.3) is 5.91 Å². The van der Waals surface area contributed by atoms with Crippen molar-refractivity contribution in [3.05, 3.63) is 105 Å². The van der Waals surface area contributed by atoms with Gasteiger partial charge in [0.15, 0.2) is 16.7 Å². The van der Waals surface area contributed by atoms with Crippen molar-refractivity contribution in [1.29, 1.82) is 0 Å². The number of aliphatic imine (C=N–C) groups is 1. The predicted molar refractivity (Wildman–Crippen MR) is 153 cm³/mol. The zero-order valence-electron chi connectivity index (χ0n) is 20.5. The molecule has 0 bridgehead atoms. The van der Waals surface area contributed by atoms with E-state index in [9.17, 15) is 4.79 Å². The lowest BCUT2D eigenvalue weighted by Gasteiger charge is -2.14. The van der Waals surface area contributed by atoms with Gasteiger partial charge in [0.1, 0.15) is 6.61 Å². The number of rotatable bonds is 7. The first-order valence-corrected chi connectivity index (χ1v) is 13.1. The Morgan fingerprint density at radius 1 is 0.973 bits per heavy atom. The summed E-state index contributed by atoms with van der Waals surface area (Å²) in [5, 5.41) is 6.29. The molecule has 1 aliphatic heterocycles. The van der Waals surface area contributed by atoms with E-state index in [4.69, 9.17) is 21.1 Å². The van der Waals surface area contributed by atoms with Gasteiger partial charge in [-0.3, -0.25) is 4.79 Å². The number of halogens is 1. The van der Waals surface area contributed by atoms with Crippen LogP contribution in [0.1, 0.15) is 23.6 Å². The molecule has 4 aromatic carbocycles. The number of thioether (sulfide) groups is 1. The molecular weight excluding hydrogens is 504 g/mol. The summed E-state index contributed by atoms with van der Waals surface area (Å²) in [6.07, 6.45) is 1.82. The number of carbonyl (C=O) groups is 1. The summed E-state index contributed by atoms with van der Waals surface area (Å²) in [6, 6.07) is 25.6. The number of amidine groups is 1. The van der Waals surface area contributed by atoms with Gasteiger partial charge in [-0.25, -0.2) is 4.99 Å². The van der Waals surface area contributed by atoms with E-state index < -0.39 is 0 Å². The van der Waals surface area contributed by atoms with Gasteiger partial charge in [0.2, 0.25) is 0 Å². The summed E-state index contributed by atoms with van der Waals surface area (Å²) in [5.41, 5.74) is 3.64. The normalized spacial score (nSPS) is 15.4. The fourth-order valence-electron chi connectivity index (χ4n) is 4.02. The van der Waals surface area contributed by atoms with Crippen molar-refractivity contribution >= 4 is 57.0 Å². The maximum absolute atomic E-state index is 12.6. The van der Waals surface area contributed by atoms with Gasteiger partial charge in [-0.15, -0.1) is 0 Å². The van der Waals surface area contributed by atoms with E-state index in [1.54, 1.807) is 6.07 Å². The van der Waals surface area contributed by atoms with Crippen molar-refractivity contribution in [3.63, 3.8) is 0 Å². The Bertz CT molecular complexity index is 1540. The summed E-state index contributed by atoms with van der Waals surface area (Å²) in [4.78, 5) is 17.7. The number of fused-ring (bicyclic) bond motifs is 1. The molecule has 7 heteroatoms. The average molecular weight is 529 g/mol. The van der Waals surface area contributed by atoms with Crippen LogP contribution in [0.3, 0.4) is 0 Å². The standard InChI is InChI=1S/C30H25ClN2O3S/c1-3-35-27-15-20(12-14-26(27)36-18-22-9-6-8-21-7-4-5-10-24(21)22)16-28-29(34)33-30(37-28)32-25-17-23(31)13-11-19(25)2/h4-17H,3,18H2,1-2H3,(H,32,33,34)/b28-16-. The molecule has 0 atom stereocenters. The second kappa shape index (κ2) is 11.1. The Labute approximate surface area is 225 Å². The fourth-order valence-corrected chi connectivity index (χ4v) is 5.02. The van der Waals surface area contributed by atoms with E-state index in [-0.39, 0.29) is 5.91 Å². The lowest BCUT2D eigenvalue weighted by molar-refractivity contribution is -0.115. The first-order chi connectivity index (χ1) is 18.0. The molecular formula is C30H25ClN2O3S. The minimum atomic E-state index is -0.197.